The lowest BCUT2D eigenvalue weighted by molar-refractivity contribution is 0.154. The SMILES string of the molecule is C[C@@H]1C[C@H]2CCCC[C@]2(N)c2ccccc21. The molecule has 0 spiro atoms. The van der Waals surface area contributed by atoms with Gasteiger partial charge in [-0.2, -0.15) is 0 Å². The van der Waals surface area contributed by atoms with E-state index in [9.17, 15) is 0 Å². The summed E-state index contributed by atoms with van der Waals surface area (Å²) in [7, 11) is 0. The van der Waals surface area contributed by atoms with Gasteiger partial charge in [0, 0.05) is 5.54 Å². The first-order chi connectivity index (χ1) is 7.72. The van der Waals surface area contributed by atoms with Crippen molar-refractivity contribution in [1.82, 2.24) is 0 Å². The number of rotatable bonds is 0. The van der Waals surface area contributed by atoms with E-state index in [1.165, 1.54) is 43.2 Å². The van der Waals surface area contributed by atoms with Crippen LogP contribution in [0.3, 0.4) is 0 Å². The minimum absolute atomic E-state index is 0.0125. The number of fused-ring (bicyclic) bond motifs is 3. The van der Waals surface area contributed by atoms with Crippen molar-refractivity contribution >= 4 is 0 Å². The average molecular weight is 215 g/mol. The molecule has 1 heteroatoms. The Bertz CT molecular complexity index is 398. The molecule has 0 aliphatic heterocycles. The Labute approximate surface area is 98.0 Å². The fourth-order valence-electron chi connectivity index (χ4n) is 3.86. The predicted octanol–water partition coefficient (Wildman–Crippen LogP) is 3.54. The van der Waals surface area contributed by atoms with E-state index in [1.807, 2.05) is 0 Å². The minimum atomic E-state index is -0.0125. The molecule has 2 aliphatic rings. The maximum atomic E-state index is 6.74. The van der Waals surface area contributed by atoms with Crippen LogP contribution in [-0.4, -0.2) is 0 Å². The molecule has 86 valence electrons. The van der Waals surface area contributed by atoms with Gasteiger partial charge in [-0.05, 0) is 42.2 Å². The maximum Gasteiger partial charge on any atom is 0.0441 e. The third-order valence-corrected chi connectivity index (χ3v) is 4.75. The second-order valence-electron chi connectivity index (χ2n) is 5.71. The topological polar surface area (TPSA) is 26.0 Å². The predicted molar refractivity (Wildman–Crippen MR) is 67.3 cm³/mol. The van der Waals surface area contributed by atoms with Crippen LogP contribution in [0, 0.1) is 5.92 Å². The Kier molecular flexibility index (Phi) is 2.32. The van der Waals surface area contributed by atoms with Crippen LogP contribution in [0.4, 0.5) is 0 Å². The Morgan fingerprint density at radius 2 is 2.06 bits per heavy atom. The van der Waals surface area contributed by atoms with Gasteiger partial charge < -0.3 is 5.73 Å². The van der Waals surface area contributed by atoms with Crippen LogP contribution in [0.2, 0.25) is 0 Å². The van der Waals surface area contributed by atoms with E-state index < -0.39 is 0 Å². The van der Waals surface area contributed by atoms with Crippen LogP contribution < -0.4 is 5.73 Å². The standard InChI is InChI=1S/C15H21N/c1-11-10-12-6-4-5-9-15(12,16)14-8-3-2-7-13(11)14/h2-3,7-8,11-12H,4-6,9-10,16H2,1H3/t11-,12-,15-/m1/s1. The van der Waals surface area contributed by atoms with Gasteiger partial charge in [-0.25, -0.2) is 0 Å². The van der Waals surface area contributed by atoms with Gasteiger partial charge in [0.15, 0.2) is 0 Å². The van der Waals surface area contributed by atoms with Gasteiger partial charge in [-0.1, -0.05) is 44.0 Å². The molecule has 0 amide bonds. The van der Waals surface area contributed by atoms with Crippen LogP contribution in [0.1, 0.15) is 56.1 Å². The average Bonchev–Trinajstić information content (AvgIpc) is 2.31. The zero-order valence-corrected chi connectivity index (χ0v) is 10.1. The van der Waals surface area contributed by atoms with E-state index >= 15 is 0 Å². The minimum Gasteiger partial charge on any atom is -0.321 e. The van der Waals surface area contributed by atoms with Crippen molar-refractivity contribution in [2.24, 2.45) is 11.7 Å². The molecule has 1 aromatic carbocycles. The smallest absolute Gasteiger partial charge is 0.0441 e. The van der Waals surface area contributed by atoms with Crippen molar-refractivity contribution in [3.8, 4) is 0 Å². The molecule has 1 nitrogen and oxygen atoms in total. The van der Waals surface area contributed by atoms with E-state index in [1.54, 1.807) is 0 Å². The van der Waals surface area contributed by atoms with Gasteiger partial charge in [-0.15, -0.1) is 0 Å². The molecule has 0 aromatic heterocycles. The van der Waals surface area contributed by atoms with Crippen LogP contribution in [0.5, 0.6) is 0 Å². The number of benzene rings is 1. The van der Waals surface area contributed by atoms with Crippen molar-refractivity contribution in [2.45, 2.75) is 50.5 Å². The summed E-state index contributed by atoms with van der Waals surface area (Å²) in [5.41, 5.74) is 9.67. The second kappa shape index (κ2) is 3.59. The summed E-state index contributed by atoms with van der Waals surface area (Å²) in [6.07, 6.45) is 6.47. The van der Waals surface area contributed by atoms with Crippen molar-refractivity contribution in [3.63, 3.8) is 0 Å². The van der Waals surface area contributed by atoms with Gasteiger partial charge in [0.1, 0.15) is 0 Å². The normalized spacial score (nSPS) is 37.6. The molecule has 0 heterocycles. The monoisotopic (exact) mass is 215 g/mol. The van der Waals surface area contributed by atoms with Gasteiger partial charge in [0.2, 0.25) is 0 Å². The van der Waals surface area contributed by atoms with Crippen LogP contribution in [-0.2, 0) is 5.54 Å². The van der Waals surface area contributed by atoms with Crippen molar-refractivity contribution in [3.05, 3.63) is 35.4 Å². The summed E-state index contributed by atoms with van der Waals surface area (Å²) in [6, 6.07) is 8.85. The van der Waals surface area contributed by atoms with Gasteiger partial charge in [0.05, 0.1) is 0 Å². The summed E-state index contributed by atoms with van der Waals surface area (Å²) < 4.78 is 0. The number of nitrogens with two attached hydrogens (primary N) is 1. The largest absolute Gasteiger partial charge is 0.321 e. The van der Waals surface area contributed by atoms with Gasteiger partial charge in [-0.3, -0.25) is 0 Å². The molecule has 0 bridgehead atoms. The molecule has 2 aliphatic carbocycles. The van der Waals surface area contributed by atoms with Gasteiger partial charge >= 0.3 is 0 Å². The number of hydrogen-bond donors (Lipinski definition) is 1. The van der Waals surface area contributed by atoms with E-state index in [0.717, 1.165) is 0 Å². The van der Waals surface area contributed by atoms with E-state index in [-0.39, 0.29) is 5.54 Å². The first kappa shape index (κ1) is 10.3. The first-order valence-corrected chi connectivity index (χ1v) is 6.60. The van der Waals surface area contributed by atoms with Gasteiger partial charge in [0.25, 0.3) is 0 Å². The quantitative estimate of drug-likeness (QED) is 0.704. The Morgan fingerprint density at radius 1 is 1.25 bits per heavy atom. The fourth-order valence-corrected chi connectivity index (χ4v) is 3.86. The summed E-state index contributed by atoms with van der Waals surface area (Å²) >= 11 is 0. The molecule has 2 N–H and O–H groups in total. The molecular formula is C15H21N. The Hall–Kier alpha value is -0.820. The molecule has 1 aromatic rings. The summed E-state index contributed by atoms with van der Waals surface area (Å²) in [5.74, 6) is 1.40. The molecule has 1 fully saturated rings. The summed E-state index contributed by atoms with van der Waals surface area (Å²) in [5, 5.41) is 0. The first-order valence-electron chi connectivity index (χ1n) is 6.60. The van der Waals surface area contributed by atoms with Crippen molar-refractivity contribution in [1.29, 1.82) is 0 Å². The highest BCUT2D eigenvalue weighted by atomic mass is 14.8. The lowest BCUT2D eigenvalue weighted by Crippen LogP contribution is -2.49. The lowest BCUT2D eigenvalue weighted by Gasteiger charge is -2.48. The molecule has 0 radical (unpaired) electrons. The zero-order chi connectivity index (χ0) is 11.2. The van der Waals surface area contributed by atoms with E-state index in [4.69, 9.17) is 5.73 Å². The molecule has 3 rings (SSSR count). The highest BCUT2D eigenvalue weighted by Gasteiger charge is 2.44. The highest BCUT2D eigenvalue weighted by molar-refractivity contribution is 5.39. The Morgan fingerprint density at radius 3 is 2.94 bits per heavy atom. The molecule has 1 saturated carbocycles. The van der Waals surface area contributed by atoms with Crippen LogP contribution >= 0.6 is 0 Å². The van der Waals surface area contributed by atoms with E-state index in [0.29, 0.717) is 11.8 Å². The third-order valence-electron chi connectivity index (χ3n) is 4.75. The van der Waals surface area contributed by atoms with Crippen molar-refractivity contribution in [2.75, 3.05) is 0 Å². The number of hydrogen-bond acceptors (Lipinski definition) is 1. The molecule has 3 atom stereocenters. The molecular weight excluding hydrogens is 194 g/mol. The van der Waals surface area contributed by atoms with E-state index in [2.05, 4.69) is 31.2 Å². The van der Waals surface area contributed by atoms with Crippen LogP contribution in [0.25, 0.3) is 0 Å². The maximum absolute atomic E-state index is 6.74. The summed E-state index contributed by atoms with van der Waals surface area (Å²) in [6.45, 7) is 2.35. The third kappa shape index (κ3) is 1.34. The molecule has 0 saturated heterocycles. The molecule has 0 unspecified atom stereocenters. The second-order valence-corrected chi connectivity index (χ2v) is 5.71. The highest BCUT2D eigenvalue weighted by Crippen LogP contribution is 2.50. The summed E-state index contributed by atoms with van der Waals surface area (Å²) in [4.78, 5) is 0. The van der Waals surface area contributed by atoms with Crippen LogP contribution in [0.15, 0.2) is 24.3 Å². The van der Waals surface area contributed by atoms with Crippen molar-refractivity contribution < 1.29 is 0 Å². The zero-order valence-electron chi connectivity index (χ0n) is 10.1. The Balaban J connectivity index is 2.12. The fraction of sp³-hybridized carbons (Fsp3) is 0.600. The molecule has 16 heavy (non-hydrogen) atoms. The lowest BCUT2D eigenvalue weighted by atomic mass is 9.61.